The topological polar surface area (TPSA) is 17.1 Å². The molecule has 0 saturated heterocycles. The first-order chi connectivity index (χ1) is 4.43. The highest BCUT2D eigenvalue weighted by molar-refractivity contribution is 5.50. The Morgan fingerprint density at radius 2 is 2.56 bits per heavy atom. The molecule has 0 aromatic rings. The number of rotatable bonds is 3. The van der Waals surface area contributed by atoms with Crippen molar-refractivity contribution >= 4 is 6.29 Å². The van der Waals surface area contributed by atoms with Gasteiger partial charge in [-0.3, -0.25) is 0 Å². The molecule has 0 aliphatic heterocycles. The minimum Gasteiger partial charge on any atom is -0.303 e. The third-order valence-electron chi connectivity index (χ3n) is 1.40. The van der Waals surface area contributed by atoms with Crippen LogP contribution in [0.2, 0.25) is 0 Å². The van der Waals surface area contributed by atoms with Crippen LogP contribution in [0.15, 0.2) is 23.8 Å². The molecule has 0 aromatic carbocycles. The Morgan fingerprint density at radius 1 is 1.67 bits per heavy atom. The zero-order chi connectivity index (χ0) is 6.53. The Kier molecular flexibility index (Phi) is 2.25. The summed E-state index contributed by atoms with van der Waals surface area (Å²) >= 11 is 0. The molecule has 0 heterocycles. The Labute approximate surface area is 55.1 Å². The third kappa shape index (κ3) is 1.84. The molecule has 1 heteroatoms. The van der Waals surface area contributed by atoms with Crippen molar-refractivity contribution in [2.45, 2.75) is 19.3 Å². The minimum atomic E-state index is 0.663. The van der Waals surface area contributed by atoms with Gasteiger partial charge in [0.2, 0.25) is 0 Å². The van der Waals surface area contributed by atoms with Gasteiger partial charge in [0.25, 0.3) is 0 Å². The Bertz CT molecular complexity index is 154. The van der Waals surface area contributed by atoms with Gasteiger partial charge < -0.3 is 4.79 Å². The number of hydrogen-bond donors (Lipinski definition) is 0. The average molecular weight is 122 g/mol. The number of aldehydes is 1. The van der Waals surface area contributed by atoms with Gasteiger partial charge >= 0.3 is 0 Å². The van der Waals surface area contributed by atoms with Gasteiger partial charge in [0, 0.05) is 6.42 Å². The lowest BCUT2D eigenvalue weighted by molar-refractivity contribution is -0.107. The van der Waals surface area contributed by atoms with E-state index in [4.69, 9.17) is 0 Å². The summed E-state index contributed by atoms with van der Waals surface area (Å²) in [6.45, 7) is 0. The zero-order valence-corrected chi connectivity index (χ0v) is 5.34. The van der Waals surface area contributed by atoms with Gasteiger partial charge in [-0.05, 0) is 12.8 Å². The summed E-state index contributed by atoms with van der Waals surface area (Å²) < 4.78 is 0. The second-order valence-electron chi connectivity index (χ2n) is 2.12. The van der Waals surface area contributed by atoms with Crippen LogP contribution in [0.5, 0.6) is 0 Å². The molecule has 0 unspecified atom stereocenters. The molecule has 1 rings (SSSR count). The summed E-state index contributed by atoms with van der Waals surface area (Å²) in [6.07, 6.45) is 9.95. The van der Waals surface area contributed by atoms with Crippen molar-refractivity contribution in [3.63, 3.8) is 0 Å². The van der Waals surface area contributed by atoms with Crippen LogP contribution >= 0.6 is 0 Å². The summed E-state index contributed by atoms with van der Waals surface area (Å²) in [5.41, 5.74) is 1.31. The first kappa shape index (κ1) is 6.27. The minimum absolute atomic E-state index is 0.663. The molecule has 1 aliphatic carbocycles. The molecule has 0 amide bonds. The normalized spacial score (nSPS) is 15.8. The van der Waals surface area contributed by atoms with Gasteiger partial charge in [-0.15, -0.1) is 0 Å². The van der Waals surface area contributed by atoms with E-state index in [9.17, 15) is 4.79 Å². The summed E-state index contributed by atoms with van der Waals surface area (Å²) in [4.78, 5) is 9.91. The number of hydrogen-bond acceptors (Lipinski definition) is 1. The molecular weight excluding hydrogens is 112 g/mol. The SMILES string of the molecule is O=CCCC1=CCC=C1. The quantitative estimate of drug-likeness (QED) is 0.522. The third-order valence-corrected chi connectivity index (χ3v) is 1.40. The van der Waals surface area contributed by atoms with Gasteiger partial charge in [0.05, 0.1) is 0 Å². The van der Waals surface area contributed by atoms with Crippen molar-refractivity contribution < 1.29 is 4.79 Å². The van der Waals surface area contributed by atoms with Crippen LogP contribution < -0.4 is 0 Å². The molecule has 0 aromatic heterocycles. The van der Waals surface area contributed by atoms with Crippen LogP contribution in [0.1, 0.15) is 19.3 Å². The number of carbonyl (C=O) groups excluding carboxylic acids is 1. The molecule has 0 radical (unpaired) electrons. The van der Waals surface area contributed by atoms with E-state index in [0.717, 1.165) is 19.1 Å². The van der Waals surface area contributed by atoms with Crippen LogP contribution in [0.3, 0.4) is 0 Å². The molecule has 48 valence electrons. The molecule has 0 atom stereocenters. The van der Waals surface area contributed by atoms with Crippen molar-refractivity contribution in [3.8, 4) is 0 Å². The largest absolute Gasteiger partial charge is 0.303 e. The molecule has 1 aliphatic rings. The first-order valence-corrected chi connectivity index (χ1v) is 3.22. The second kappa shape index (κ2) is 3.23. The highest BCUT2D eigenvalue weighted by Gasteiger charge is 1.94. The molecule has 0 N–H and O–H groups in total. The Balaban J connectivity index is 2.27. The van der Waals surface area contributed by atoms with E-state index in [-0.39, 0.29) is 0 Å². The van der Waals surface area contributed by atoms with Crippen molar-refractivity contribution in [3.05, 3.63) is 23.8 Å². The highest BCUT2D eigenvalue weighted by atomic mass is 16.1. The Morgan fingerprint density at radius 3 is 3.11 bits per heavy atom. The van der Waals surface area contributed by atoms with Crippen molar-refractivity contribution in [2.24, 2.45) is 0 Å². The van der Waals surface area contributed by atoms with Crippen LogP contribution in [-0.2, 0) is 4.79 Å². The van der Waals surface area contributed by atoms with Gasteiger partial charge in [0.15, 0.2) is 0 Å². The van der Waals surface area contributed by atoms with E-state index in [2.05, 4.69) is 18.2 Å². The maximum Gasteiger partial charge on any atom is 0.120 e. The van der Waals surface area contributed by atoms with E-state index in [1.165, 1.54) is 5.57 Å². The summed E-state index contributed by atoms with van der Waals surface area (Å²) in [5, 5.41) is 0. The molecule has 0 fully saturated rings. The average Bonchev–Trinajstić information content (AvgIpc) is 2.34. The van der Waals surface area contributed by atoms with Crippen molar-refractivity contribution in [1.82, 2.24) is 0 Å². The number of carbonyl (C=O) groups is 1. The van der Waals surface area contributed by atoms with Gasteiger partial charge in [0.1, 0.15) is 6.29 Å². The molecule has 1 nitrogen and oxygen atoms in total. The van der Waals surface area contributed by atoms with E-state index in [1.54, 1.807) is 0 Å². The number of allylic oxidation sites excluding steroid dienone is 4. The lowest BCUT2D eigenvalue weighted by Gasteiger charge is -1.89. The maximum atomic E-state index is 9.91. The van der Waals surface area contributed by atoms with E-state index < -0.39 is 0 Å². The predicted molar refractivity (Wildman–Crippen MR) is 37.1 cm³/mol. The lowest BCUT2D eigenvalue weighted by atomic mass is 10.2. The highest BCUT2D eigenvalue weighted by Crippen LogP contribution is 2.12. The maximum absolute atomic E-state index is 9.91. The van der Waals surface area contributed by atoms with Crippen molar-refractivity contribution in [2.75, 3.05) is 0 Å². The standard InChI is InChI=1S/C8H10O/c9-7-3-6-8-4-1-2-5-8/h1,4-5,7H,2-3,6H2. The van der Waals surface area contributed by atoms with E-state index in [1.807, 2.05) is 0 Å². The van der Waals surface area contributed by atoms with Crippen LogP contribution in [0.4, 0.5) is 0 Å². The van der Waals surface area contributed by atoms with Crippen molar-refractivity contribution in [1.29, 1.82) is 0 Å². The van der Waals surface area contributed by atoms with E-state index in [0.29, 0.717) is 6.42 Å². The zero-order valence-electron chi connectivity index (χ0n) is 5.34. The lowest BCUT2D eigenvalue weighted by Crippen LogP contribution is -1.77. The molecule has 9 heavy (non-hydrogen) atoms. The van der Waals surface area contributed by atoms with Crippen LogP contribution in [0.25, 0.3) is 0 Å². The van der Waals surface area contributed by atoms with Gasteiger partial charge in [-0.1, -0.05) is 23.8 Å². The monoisotopic (exact) mass is 122 g/mol. The fourth-order valence-electron chi connectivity index (χ4n) is 0.918. The fourth-order valence-corrected chi connectivity index (χ4v) is 0.918. The smallest absolute Gasteiger partial charge is 0.120 e. The molecular formula is C8H10O. The first-order valence-electron chi connectivity index (χ1n) is 3.22. The predicted octanol–water partition coefficient (Wildman–Crippen LogP) is 1.85. The Hall–Kier alpha value is -0.850. The van der Waals surface area contributed by atoms with Crippen LogP contribution in [0, 0.1) is 0 Å². The van der Waals surface area contributed by atoms with Crippen LogP contribution in [-0.4, -0.2) is 6.29 Å². The second-order valence-corrected chi connectivity index (χ2v) is 2.12. The summed E-state index contributed by atoms with van der Waals surface area (Å²) in [7, 11) is 0. The summed E-state index contributed by atoms with van der Waals surface area (Å²) in [5.74, 6) is 0. The molecule has 0 spiro atoms. The van der Waals surface area contributed by atoms with Gasteiger partial charge in [-0.25, -0.2) is 0 Å². The fraction of sp³-hybridized carbons (Fsp3) is 0.375. The molecule has 0 saturated carbocycles. The summed E-state index contributed by atoms with van der Waals surface area (Å²) in [6, 6.07) is 0. The van der Waals surface area contributed by atoms with E-state index >= 15 is 0 Å². The van der Waals surface area contributed by atoms with Gasteiger partial charge in [-0.2, -0.15) is 0 Å². The molecule has 0 bridgehead atoms.